The molecule has 0 amide bonds. The van der Waals surface area contributed by atoms with E-state index in [0.29, 0.717) is 6.54 Å². The summed E-state index contributed by atoms with van der Waals surface area (Å²) < 4.78 is 5.29. The number of nitrogens with two attached hydrogens (primary N) is 1. The Balaban J connectivity index is 2.42. The predicted octanol–water partition coefficient (Wildman–Crippen LogP) is 2.03. The topological polar surface area (TPSA) is 52.0 Å². The Morgan fingerprint density at radius 2 is 2.29 bits per heavy atom. The Hall–Kier alpha value is -1.35. The van der Waals surface area contributed by atoms with E-state index < -0.39 is 0 Å². The number of aryl methyl sites for hydroxylation is 2. The first kappa shape index (κ1) is 9.21. The lowest BCUT2D eigenvalue weighted by molar-refractivity contribution is 0.388. The Labute approximate surface area is 82.9 Å². The van der Waals surface area contributed by atoms with Crippen molar-refractivity contribution in [1.82, 2.24) is 5.16 Å². The predicted molar refractivity (Wildman–Crippen MR) is 56.1 cm³/mol. The van der Waals surface area contributed by atoms with E-state index >= 15 is 0 Å². The first-order chi connectivity index (χ1) is 6.83. The molecule has 2 aromatic rings. The van der Waals surface area contributed by atoms with Crippen molar-refractivity contribution < 1.29 is 4.52 Å². The van der Waals surface area contributed by atoms with Crippen LogP contribution in [0.15, 0.2) is 22.7 Å². The van der Waals surface area contributed by atoms with E-state index in [0.717, 1.165) is 35.1 Å². The van der Waals surface area contributed by atoms with Gasteiger partial charge in [0.2, 0.25) is 0 Å². The molecule has 3 heteroatoms. The highest BCUT2D eigenvalue weighted by atomic mass is 16.5. The molecule has 0 saturated carbocycles. The Bertz CT molecular complexity index is 434. The Kier molecular flexibility index (Phi) is 2.50. The second-order valence-corrected chi connectivity index (χ2v) is 3.47. The Morgan fingerprint density at radius 3 is 3.07 bits per heavy atom. The highest BCUT2D eigenvalue weighted by Crippen LogP contribution is 2.21. The molecule has 0 bridgehead atoms. The lowest BCUT2D eigenvalue weighted by Gasteiger charge is -1.94. The van der Waals surface area contributed by atoms with Crippen LogP contribution in [0.4, 0.5) is 0 Å². The molecule has 0 aliphatic rings. The number of fused-ring (bicyclic) bond motifs is 1. The normalized spacial score (nSPS) is 11.0. The average molecular weight is 190 g/mol. The van der Waals surface area contributed by atoms with Crippen molar-refractivity contribution in [2.24, 2.45) is 5.73 Å². The van der Waals surface area contributed by atoms with Crippen LogP contribution in [0.5, 0.6) is 0 Å². The van der Waals surface area contributed by atoms with Crippen LogP contribution in [-0.4, -0.2) is 11.7 Å². The fourth-order valence-corrected chi connectivity index (χ4v) is 1.60. The molecule has 1 heterocycles. The van der Waals surface area contributed by atoms with Crippen molar-refractivity contribution in [1.29, 1.82) is 0 Å². The molecule has 0 unspecified atom stereocenters. The van der Waals surface area contributed by atoms with Crippen LogP contribution in [-0.2, 0) is 6.42 Å². The van der Waals surface area contributed by atoms with E-state index in [1.54, 1.807) is 0 Å². The molecular formula is C11H14N2O. The highest BCUT2D eigenvalue weighted by Gasteiger charge is 2.08. The third-order valence-corrected chi connectivity index (χ3v) is 2.39. The molecule has 3 nitrogen and oxygen atoms in total. The van der Waals surface area contributed by atoms with Gasteiger partial charge in [0, 0.05) is 11.8 Å². The third kappa shape index (κ3) is 1.51. The van der Waals surface area contributed by atoms with Crippen LogP contribution in [0.2, 0.25) is 0 Å². The van der Waals surface area contributed by atoms with E-state index in [2.05, 4.69) is 5.16 Å². The van der Waals surface area contributed by atoms with Crippen LogP contribution in [0.25, 0.3) is 10.9 Å². The van der Waals surface area contributed by atoms with Gasteiger partial charge in [-0.25, -0.2) is 0 Å². The van der Waals surface area contributed by atoms with Crippen LogP contribution >= 0.6 is 0 Å². The summed E-state index contributed by atoms with van der Waals surface area (Å²) in [6, 6.07) is 6.11. The summed E-state index contributed by atoms with van der Waals surface area (Å²) in [5.74, 6) is 0.953. The maximum absolute atomic E-state index is 5.46. The van der Waals surface area contributed by atoms with E-state index in [4.69, 9.17) is 10.3 Å². The number of hydrogen-bond acceptors (Lipinski definition) is 3. The summed E-state index contributed by atoms with van der Waals surface area (Å²) in [4.78, 5) is 0. The molecular weight excluding hydrogens is 176 g/mol. The maximum atomic E-state index is 5.46. The summed E-state index contributed by atoms with van der Waals surface area (Å²) in [5.41, 5.74) is 7.59. The maximum Gasteiger partial charge on any atom is 0.144 e. The second-order valence-electron chi connectivity index (χ2n) is 3.47. The number of rotatable bonds is 3. The molecule has 1 aromatic carbocycles. The van der Waals surface area contributed by atoms with Crippen molar-refractivity contribution in [3.63, 3.8) is 0 Å². The quantitative estimate of drug-likeness (QED) is 0.805. The number of hydrogen-bond donors (Lipinski definition) is 1. The van der Waals surface area contributed by atoms with Gasteiger partial charge in [0.15, 0.2) is 0 Å². The van der Waals surface area contributed by atoms with Gasteiger partial charge in [-0.1, -0.05) is 17.3 Å². The molecule has 2 rings (SSSR count). The molecule has 2 N–H and O–H groups in total. The van der Waals surface area contributed by atoms with Gasteiger partial charge in [0.1, 0.15) is 11.3 Å². The van der Waals surface area contributed by atoms with Crippen molar-refractivity contribution in [3.8, 4) is 0 Å². The van der Waals surface area contributed by atoms with E-state index in [-0.39, 0.29) is 0 Å². The van der Waals surface area contributed by atoms with Gasteiger partial charge in [0.25, 0.3) is 0 Å². The molecule has 0 radical (unpaired) electrons. The Morgan fingerprint density at radius 1 is 1.43 bits per heavy atom. The summed E-state index contributed by atoms with van der Waals surface area (Å²) in [6.07, 6.45) is 1.81. The SMILES string of the molecule is Cc1cccc2c(CCCN)onc12. The van der Waals surface area contributed by atoms with Crippen molar-refractivity contribution >= 4 is 10.9 Å². The lowest BCUT2D eigenvalue weighted by Crippen LogP contribution is -1.99. The average Bonchev–Trinajstić information content (AvgIpc) is 2.60. The van der Waals surface area contributed by atoms with Gasteiger partial charge >= 0.3 is 0 Å². The first-order valence-electron chi connectivity index (χ1n) is 4.87. The lowest BCUT2D eigenvalue weighted by atomic mass is 10.1. The number of nitrogens with zero attached hydrogens (tertiary/aromatic N) is 1. The van der Waals surface area contributed by atoms with Gasteiger partial charge in [-0.05, 0) is 31.5 Å². The van der Waals surface area contributed by atoms with E-state index in [9.17, 15) is 0 Å². The van der Waals surface area contributed by atoms with Crippen LogP contribution in [0.3, 0.4) is 0 Å². The molecule has 1 aromatic heterocycles. The third-order valence-electron chi connectivity index (χ3n) is 2.39. The molecule has 74 valence electrons. The highest BCUT2D eigenvalue weighted by molar-refractivity contribution is 5.83. The van der Waals surface area contributed by atoms with Gasteiger partial charge in [0.05, 0.1) is 0 Å². The van der Waals surface area contributed by atoms with Gasteiger partial charge in [-0.2, -0.15) is 0 Å². The first-order valence-corrected chi connectivity index (χ1v) is 4.87. The van der Waals surface area contributed by atoms with E-state index in [1.165, 1.54) is 0 Å². The summed E-state index contributed by atoms with van der Waals surface area (Å²) >= 11 is 0. The summed E-state index contributed by atoms with van der Waals surface area (Å²) in [6.45, 7) is 2.73. The van der Waals surface area contributed by atoms with E-state index in [1.807, 2.05) is 25.1 Å². The van der Waals surface area contributed by atoms with Crippen LogP contribution in [0, 0.1) is 6.92 Å². The van der Waals surface area contributed by atoms with Gasteiger partial charge in [-0.15, -0.1) is 0 Å². The zero-order chi connectivity index (χ0) is 9.97. The molecule has 0 aliphatic carbocycles. The molecule has 0 fully saturated rings. The number of benzene rings is 1. The standard InChI is InChI=1S/C11H14N2O/c1-8-4-2-5-9-10(6-3-7-12)14-13-11(8)9/h2,4-5H,3,6-7,12H2,1H3. The fraction of sp³-hybridized carbons (Fsp3) is 0.364. The molecule has 0 aliphatic heterocycles. The van der Waals surface area contributed by atoms with Crippen molar-refractivity contribution in [2.45, 2.75) is 19.8 Å². The minimum absolute atomic E-state index is 0.689. The monoisotopic (exact) mass is 190 g/mol. The van der Waals surface area contributed by atoms with Crippen LogP contribution < -0.4 is 5.73 Å². The van der Waals surface area contributed by atoms with Crippen molar-refractivity contribution in [3.05, 3.63) is 29.5 Å². The summed E-state index contributed by atoms with van der Waals surface area (Å²) in [7, 11) is 0. The van der Waals surface area contributed by atoms with Gasteiger partial charge in [-0.3, -0.25) is 0 Å². The van der Waals surface area contributed by atoms with Gasteiger partial charge < -0.3 is 10.3 Å². The fourth-order valence-electron chi connectivity index (χ4n) is 1.60. The minimum Gasteiger partial charge on any atom is -0.360 e. The molecule has 0 saturated heterocycles. The largest absolute Gasteiger partial charge is 0.360 e. The molecule has 0 spiro atoms. The molecule has 0 atom stereocenters. The molecule has 14 heavy (non-hydrogen) atoms. The van der Waals surface area contributed by atoms with Crippen molar-refractivity contribution in [2.75, 3.05) is 6.54 Å². The smallest absolute Gasteiger partial charge is 0.144 e. The minimum atomic E-state index is 0.689. The second kappa shape index (κ2) is 3.80. The van der Waals surface area contributed by atoms with Crippen LogP contribution in [0.1, 0.15) is 17.7 Å². The zero-order valence-corrected chi connectivity index (χ0v) is 8.29. The number of aromatic nitrogens is 1. The summed E-state index contributed by atoms with van der Waals surface area (Å²) in [5, 5.41) is 5.18. The zero-order valence-electron chi connectivity index (χ0n) is 8.29.